The first-order chi connectivity index (χ1) is 16.9. The van der Waals surface area contributed by atoms with Crippen LogP contribution in [0, 0.1) is 0 Å². The molecule has 0 bridgehead atoms. The SMILES string of the molecule is CCCS(=O)(=O)c1cccc(-c2cc(SC)ccc2C(=O)Nc2cccc(-c3ccccn3)c2)c1. The first kappa shape index (κ1) is 24.7. The smallest absolute Gasteiger partial charge is 0.256 e. The first-order valence-corrected chi connectivity index (χ1v) is 14.1. The van der Waals surface area contributed by atoms with Crippen LogP contribution in [0.3, 0.4) is 0 Å². The Bertz CT molecular complexity index is 1450. The van der Waals surface area contributed by atoms with Gasteiger partial charge in [-0.15, -0.1) is 11.8 Å². The molecule has 0 radical (unpaired) electrons. The molecule has 0 atom stereocenters. The lowest BCUT2D eigenvalue weighted by Gasteiger charge is -2.14. The van der Waals surface area contributed by atoms with Crippen LogP contribution in [0.1, 0.15) is 23.7 Å². The second kappa shape index (κ2) is 10.9. The van der Waals surface area contributed by atoms with Crippen LogP contribution in [-0.2, 0) is 9.84 Å². The highest BCUT2D eigenvalue weighted by molar-refractivity contribution is 7.98. The fourth-order valence-corrected chi connectivity index (χ4v) is 5.62. The topological polar surface area (TPSA) is 76.1 Å². The second-order valence-corrected chi connectivity index (χ2v) is 11.0. The van der Waals surface area contributed by atoms with Crippen LogP contribution >= 0.6 is 11.8 Å². The van der Waals surface area contributed by atoms with Crippen molar-refractivity contribution in [1.82, 2.24) is 4.98 Å². The van der Waals surface area contributed by atoms with Gasteiger partial charge in [-0.05, 0) is 78.4 Å². The number of amides is 1. The molecule has 0 aliphatic rings. The standard InChI is InChI=1S/C28H26N2O3S2/c1-3-16-35(32,33)24-11-7-8-20(18-24)26-19-23(34-2)13-14-25(26)28(31)30-22-10-6-9-21(17-22)27-12-4-5-15-29-27/h4-15,17-19H,3,16H2,1-2H3,(H,30,31). The van der Waals surface area contributed by atoms with E-state index in [0.717, 1.165) is 16.2 Å². The minimum atomic E-state index is -3.38. The number of nitrogens with one attached hydrogen (secondary N) is 1. The van der Waals surface area contributed by atoms with E-state index in [9.17, 15) is 13.2 Å². The molecule has 35 heavy (non-hydrogen) atoms. The Balaban J connectivity index is 1.70. The minimum absolute atomic E-state index is 0.0846. The van der Waals surface area contributed by atoms with Crippen LogP contribution in [-0.4, -0.2) is 31.3 Å². The normalized spacial score (nSPS) is 11.3. The summed E-state index contributed by atoms with van der Waals surface area (Å²) >= 11 is 1.56. The molecular weight excluding hydrogens is 476 g/mol. The fraction of sp³-hybridized carbons (Fsp3) is 0.143. The summed E-state index contributed by atoms with van der Waals surface area (Å²) in [5.74, 6) is -0.186. The van der Waals surface area contributed by atoms with Crippen LogP contribution in [0.5, 0.6) is 0 Å². The summed E-state index contributed by atoms with van der Waals surface area (Å²) in [6, 6.07) is 25.7. The molecule has 0 aliphatic heterocycles. The van der Waals surface area contributed by atoms with Crippen LogP contribution < -0.4 is 5.32 Å². The number of benzene rings is 3. The number of hydrogen-bond acceptors (Lipinski definition) is 5. The number of sulfone groups is 1. The molecule has 1 N–H and O–H groups in total. The van der Waals surface area contributed by atoms with Gasteiger partial charge in [-0.25, -0.2) is 8.42 Å². The Morgan fingerprint density at radius 1 is 0.914 bits per heavy atom. The molecule has 4 aromatic rings. The lowest BCUT2D eigenvalue weighted by Crippen LogP contribution is -2.13. The van der Waals surface area contributed by atoms with E-state index in [1.165, 1.54) is 0 Å². The third-order valence-corrected chi connectivity index (χ3v) is 8.17. The number of anilines is 1. The summed E-state index contributed by atoms with van der Waals surface area (Å²) in [6.07, 6.45) is 4.23. The largest absolute Gasteiger partial charge is 0.322 e. The molecule has 5 nitrogen and oxygen atoms in total. The van der Waals surface area contributed by atoms with Gasteiger partial charge in [-0.1, -0.05) is 37.3 Å². The maximum atomic E-state index is 13.4. The molecule has 7 heteroatoms. The summed E-state index contributed by atoms with van der Waals surface area (Å²) in [4.78, 5) is 19.0. The van der Waals surface area contributed by atoms with Gasteiger partial charge in [0.2, 0.25) is 0 Å². The molecule has 1 heterocycles. The average molecular weight is 503 g/mol. The molecule has 4 rings (SSSR count). The van der Waals surface area contributed by atoms with E-state index in [2.05, 4.69) is 10.3 Å². The van der Waals surface area contributed by atoms with Crippen LogP contribution in [0.25, 0.3) is 22.4 Å². The predicted octanol–water partition coefficient (Wildman–Crippen LogP) is 6.57. The number of carbonyl (C=O) groups excluding carboxylic acids is 1. The van der Waals surface area contributed by atoms with Crippen molar-refractivity contribution in [2.24, 2.45) is 0 Å². The zero-order chi connectivity index (χ0) is 24.8. The van der Waals surface area contributed by atoms with Gasteiger partial charge in [0.15, 0.2) is 9.84 Å². The average Bonchev–Trinajstić information content (AvgIpc) is 2.89. The van der Waals surface area contributed by atoms with Crippen molar-refractivity contribution in [3.63, 3.8) is 0 Å². The highest BCUT2D eigenvalue weighted by Gasteiger charge is 2.18. The summed E-state index contributed by atoms with van der Waals surface area (Å²) in [6.45, 7) is 1.84. The minimum Gasteiger partial charge on any atom is -0.322 e. The molecule has 3 aromatic carbocycles. The van der Waals surface area contributed by atoms with Crippen molar-refractivity contribution in [2.75, 3.05) is 17.3 Å². The molecular formula is C28H26N2O3S2. The number of thioether (sulfide) groups is 1. The van der Waals surface area contributed by atoms with Crippen molar-refractivity contribution in [3.8, 4) is 22.4 Å². The van der Waals surface area contributed by atoms with Gasteiger partial charge in [0.05, 0.1) is 16.3 Å². The Morgan fingerprint density at radius 3 is 2.46 bits per heavy atom. The first-order valence-electron chi connectivity index (χ1n) is 11.3. The number of hydrogen-bond donors (Lipinski definition) is 1. The Morgan fingerprint density at radius 2 is 1.71 bits per heavy atom. The van der Waals surface area contributed by atoms with Gasteiger partial charge in [-0.3, -0.25) is 9.78 Å². The van der Waals surface area contributed by atoms with Gasteiger partial charge in [0.25, 0.3) is 5.91 Å². The molecule has 1 amide bonds. The molecule has 0 unspecified atom stereocenters. The number of pyridine rings is 1. The molecule has 0 spiro atoms. The van der Waals surface area contributed by atoms with Crippen molar-refractivity contribution in [2.45, 2.75) is 23.1 Å². The fourth-order valence-electron chi connectivity index (χ4n) is 3.82. The third kappa shape index (κ3) is 5.81. The number of nitrogens with zero attached hydrogens (tertiary/aromatic N) is 1. The Kier molecular flexibility index (Phi) is 7.68. The van der Waals surface area contributed by atoms with Gasteiger partial charge >= 0.3 is 0 Å². The van der Waals surface area contributed by atoms with Crippen LogP contribution in [0.2, 0.25) is 0 Å². The van der Waals surface area contributed by atoms with Crippen molar-refractivity contribution in [1.29, 1.82) is 0 Å². The number of rotatable bonds is 8. The maximum absolute atomic E-state index is 13.4. The van der Waals surface area contributed by atoms with Crippen LogP contribution in [0.4, 0.5) is 5.69 Å². The van der Waals surface area contributed by atoms with E-state index in [0.29, 0.717) is 28.8 Å². The summed E-state index contributed by atoms with van der Waals surface area (Å²) in [5.41, 5.74) is 4.21. The summed E-state index contributed by atoms with van der Waals surface area (Å²) in [5, 5.41) is 2.99. The molecule has 0 saturated heterocycles. The zero-order valence-corrected chi connectivity index (χ0v) is 21.2. The number of aromatic nitrogens is 1. The summed E-state index contributed by atoms with van der Waals surface area (Å²) in [7, 11) is -3.38. The highest BCUT2D eigenvalue weighted by atomic mass is 32.2. The van der Waals surface area contributed by atoms with E-state index in [-0.39, 0.29) is 16.6 Å². The molecule has 0 saturated carbocycles. The lowest BCUT2D eigenvalue weighted by molar-refractivity contribution is 0.102. The maximum Gasteiger partial charge on any atom is 0.256 e. The Labute approximate surface area is 210 Å². The number of carbonyl (C=O) groups is 1. The van der Waals surface area contributed by atoms with E-state index in [4.69, 9.17) is 0 Å². The third-order valence-electron chi connectivity index (χ3n) is 5.53. The van der Waals surface area contributed by atoms with Crippen LogP contribution in [0.15, 0.2) is 101 Å². The summed E-state index contributed by atoms with van der Waals surface area (Å²) < 4.78 is 25.3. The van der Waals surface area contributed by atoms with Gasteiger partial charge in [-0.2, -0.15) is 0 Å². The van der Waals surface area contributed by atoms with Crippen molar-refractivity contribution in [3.05, 3.63) is 96.7 Å². The van der Waals surface area contributed by atoms with E-state index >= 15 is 0 Å². The molecule has 0 aliphatic carbocycles. The van der Waals surface area contributed by atoms with E-state index in [1.807, 2.05) is 73.8 Å². The van der Waals surface area contributed by atoms with Crippen molar-refractivity contribution >= 4 is 33.2 Å². The van der Waals surface area contributed by atoms with Crippen molar-refractivity contribution < 1.29 is 13.2 Å². The second-order valence-electron chi connectivity index (χ2n) is 8.01. The molecule has 1 aromatic heterocycles. The van der Waals surface area contributed by atoms with Gasteiger partial charge < -0.3 is 5.32 Å². The molecule has 0 fully saturated rings. The van der Waals surface area contributed by atoms with Gasteiger partial charge in [0.1, 0.15) is 0 Å². The van der Waals surface area contributed by atoms with E-state index < -0.39 is 9.84 Å². The lowest BCUT2D eigenvalue weighted by atomic mass is 9.99. The van der Waals surface area contributed by atoms with E-state index in [1.54, 1.807) is 42.2 Å². The highest BCUT2D eigenvalue weighted by Crippen LogP contribution is 2.31. The monoisotopic (exact) mass is 502 g/mol. The Hall–Kier alpha value is -3.42. The quantitative estimate of drug-likeness (QED) is 0.276. The van der Waals surface area contributed by atoms with Gasteiger partial charge in [0, 0.05) is 27.9 Å². The predicted molar refractivity (Wildman–Crippen MR) is 144 cm³/mol. The zero-order valence-electron chi connectivity index (χ0n) is 19.6. The molecule has 178 valence electrons.